The van der Waals surface area contributed by atoms with E-state index in [0.29, 0.717) is 24.1 Å². The Morgan fingerprint density at radius 2 is 2.07 bits per heavy atom. The predicted octanol–water partition coefficient (Wildman–Crippen LogP) is 3.44. The normalized spacial score (nSPS) is 17.6. The second-order valence-corrected chi connectivity index (χ2v) is 11.4. The van der Waals surface area contributed by atoms with E-state index >= 15 is 8.78 Å². The first-order valence-electron chi connectivity index (χ1n) is 14.0. The minimum Gasteiger partial charge on any atom is -0.482 e. The summed E-state index contributed by atoms with van der Waals surface area (Å²) in [5.74, 6) is -1.76. The van der Waals surface area contributed by atoms with Crippen molar-refractivity contribution in [1.82, 2.24) is 35.0 Å². The van der Waals surface area contributed by atoms with Crippen LogP contribution in [-0.2, 0) is 11.4 Å². The summed E-state index contributed by atoms with van der Waals surface area (Å²) in [5.41, 5.74) is 2.91. The zero-order valence-corrected chi connectivity index (χ0v) is 24.6. The molecule has 2 N–H and O–H groups in total. The van der Waals surface area contributed by atoms with Crippen molar-refractivity contribution in [2.24, 2.45) is 5.10 Å². The summed E-state index contributed by atoms with van der Waals surface area (Å²) in [6.45, 7) is 2.47. The molecule has 14 heteroatoms. The third kappa shape index (κ3) is 7.62. The van der Waals surface area contributed by atoms with Gasteiger partial charge in [0.2, 0.25) is 5.91 Å². The smallest absolute Gasteiger partial charge is 0.243 e. The second kappa shape index (κ2) is 14.3. The van der Waals surface area contributed by atoms with Crippen LogP contribution in [-0.4, -0.2) is 92.4 Å². The Kier molecular flexibility index (Phi) is 10.1. The lowest BCUT2D eigenvalue weighted by Gasteiger charge is -2.32. The van der Waals surface area contributed by atoms with Crippen molar-refractivity contribution in [2.45, 2.75) is 36.3 Å². The monoisotopic (exact) mass is 609 g/mol. The Morgan fingerprint density at radius 3 is 2.79 bits per heavy atom. The van der Waals surface area contributed by atoms with Crippen molar-refractivity contribution in [3.05, 3.63) is 71.8 Å². The van der Waals surface area contributed by atoms with Gasteiger partial charge in [0.25, 0.3) is 0 Å². The lowest BCUT2D eigenvalue weighted by atomic mass is 10.1. The molecule has 1 saturated heterocycles. The summed E-state index contributed by atoms with van der Waals surface area (Å²) in [4.78, 5) is 20.5. The Morgan fingerprint density at radius 1 is 1.23 bits per heavy atom. The molecule has 2 aromatic heterocycles. The highest BCUT2D eigenvalue weighted by atomic mass is 32.2. The van der Waals surface area contributed by atoms with Crippen LogP contribution in [0.15, 0.2) is 59.1 Å². The van der Waals surface area contributed by atoms with E-state index in [-0.39, 0.29) is 41.3 Å². The van der Waals surface area contributed by atoms with Gasteiger partial charge in [0.05, 0.1) is 11.9 Å². The lowest BCUT2D eigenvalue weighted by Crippen LogP contribution is -2.49. The van der Waals surface area contributed by atoms with Gasteiger partial charge in [-0.3, -0.25) is 19.8 Å². The molecule has 5 rings (SSSR count). The molecule has 0 radical (unpaired) electrons. The predicted molar refractivity (Wildman–Crippen MR) is 160 cm³/mol. The number of hydrazone groups is 1. The lowest BCUT2D eigenvalue weighted by molar-refractivity contribution is -0.131. The molecule has 1 fully saturated rings. The number of aromatic nitrogens is 4. The molecule has 1 aliphatic heterocycles. The number of pyridine rings is 1. The van der Waals surface area contributed by atoms with Gasteiger partial charge in [0.15, 0.2) is 22.5 Å². The molecule has 2 aliphatic rings. The molecule has 11 nitrogen and oxygen atoms in total. The van der Waals surface area contributed by atoms with Crippen molar-refractivity contribution < 1.29 is 18.3 Å². The Balaban J connectivity index is 1.28. The van der Waals surface area contributed by atoms with E-state index in [0.717, 1.165) is 56.4 Å². The van der Waals surface area contributed by atoms with Crippen LogP contribution in [0.3, 0.4) is 0 Å². The van der Waals surface area contributed by atoms with Gasteiger partial charge in [0.1, 0.15) is 24.7 Å². The molecule has 1 aliphatic carbocycles. The number of piperazine rings is 1. The molecular weight excluding hydrogens is 576 g/mol. The average molecular weight is 610 g/mol. The van der Waals surface area contributed by atoms with Gasteiger partial charge >= 0.3 is 0 Å². The van der Waals surface area contributed by atoms with E-state index in [1.807, 2.05) is 13.1 Å². The van der Waals surface area contributed by atoms with Crippen LogP contribution in [0, 0.1) is 17.0 Å². The van der Waals surface area contributed by atoms with E-state index in [1.54, 1.807) is 39.7 Å². The first-order valence-corrected chi connectivity index (χ1v) is 14.9. The molecule has 1 amide bonds. The van der Waals surface area contributed by atoms with Crippen molar-refractivity contribution in [3.8, 4) is 11.4 Å². The van der Waals surface area contributed by atoms with E-state index in [9.17, 15) is 4.79 Å². The van der Waals surface area contributed by atoms with E-state index < -0.39 is 11.6 Å². The maximum atomic E-state index is 15.1. The van der Waals surface area contributed by atoms with Crippen molar-refractivity contribution in [1.29, 1.82) is 5.41 Å². The number of carbonyl (C=O) groups is 1. The fourth-order valence-electron chi connectivity index (χ4n) is 4.74. The number of halogens is 2. The van der Waals surface area contributed by atoms with Crippen molar-refractivity contribution in [2.75, 3.05) is 39.8 Å². The summed E-state index contributed by atoms with van der Waals surface area (Å²) < 4.78 is 37.7. The number of allylic oxidation sites excluding steroid dienone is 1. The highest BCUT2D eigenvalue weighted by Crippen LogP contribution is 2.31. The van der Waals surface area contributed by atoms with Gasteiger partial charge in [0, 0.05) is 55.5 Å². The number of hydrogen-bond donors (Lipinski definition) is 2. The van der Waals surface area contributed by atoms with E-state index in [4.69, 9.17) is 10.1 Å². The number of amides is 1. The molecular formula is C29H33F2N9O2S. The van der Waals surface area contributed by atoms with Crippen molar-refractivity contribution >= 4 is 29.6 Å². The summed E-state index contributed by atoms with van der Waals surface area (Å²) >= 11 is 1.58. The average Bonchev–Trinajstić information content (AvgIpc) is 3.43. The van der Waals surface area contributed by atoms with Crippen molar-refractivity contribution in [3.63, 3.8) is 0 Å². The van der Waals surface area contributed by atoms with Crippen LogP contribution in [0.2, 0.25) is 0 Å². The summed E-state index contributed by atoms with van der Waals surface area (Å²) in [5, 5.41) is 21.2. The van der Waals surface area contributed by atoms with Gasteiger partial charge in [-0.1, -0.05) is 23.9 Å². The maximum Gasteiger partial charge on any atom is 0.243 e. The van der Waals surface area contributed by atoms with Crippen LogP contribution in [0.4, 0.5) is 8.78 Å². The topological polar surface area (TPSA) is 125 Å². The maximum absolute atomic E-state index is 15.1. The summed E-state index contributed by atoms with van der Waals surface area (Å²) in [7, 11) is 1.99. The van der Waals surface area contributed by atoms with Crippen LogP contribution in [0.25, 0.3) is 5.69 Å². The molecule has 3 aromatic rings. The minimum absolute atomic E-state index is 0.124. The zero-order chi connectivity index (χ0) is 30.2. The number of rotatable bonds is 11. The largest absolute Gasteiger partial charge is 0.482 e. The molecule has 1 aromatic carbocycles. The molecule has 226 valence electrons. The molecule has 0 spiro atoms. The first-order chi connectivity index (χ1) is 20.9. The third-order valence-corrected chi connectivity index (χ3v) is 8.32. The van der Waals surface area contributed by atoms with Crippen LogP contribution < -0.4 is 10.2 Å². The van der Waals surface area contributed by atoms with Gasteiger partial charge in [-0.05, 0) is 44.5 Å². The number of hydrogen-bond acceptors (Lipinski definition) is 10. The van der Waals surface area contributed by atoms with E-state index in [1.165, 1.54) is 0 Å². The molecule has 0 bridgehead atoms. The van der Waals surface area contributed by atoms with Crippen LogP contribution in [0.5, 0.6) is 5.75 Å². The fraction of sp³-hybridized carbons (Fsp3) is 0.379. The van der Waals surface area contributed by atoms with Gasteiger partial charge < -0.3 is 19.9 Å². The number of thioether (sulfide) groups is 1. The number of carbonyl (C=O) groups excluding carboxylic acids is 1. The zero-order valence-electron chi connectivity index (χ0n) is 23.7. The second-order valence-electron chi connectivity index (χ2n) is 10.2. The summed E-state index contributed by atoms with van der Waals surface area (Å²) in [6.07, 6.45) is 11.6. The standard InChI is InChI=1S/C29H33F2N9O2S/c1-38-10-12-39(13-11-38)28(41)18-34-35-25(16-32)22-14-24(31)26(15-23(22)30)42-19-27-36-37-29(43-21-7-3-2-4-8-21)40(27)20-6-5-9-33-17-20/h3,5-7,9,14-17,21,32,34H,2,4,8,10-13,18-19H2,1H3/b32-16?,35-25+/t21-/m0/s1. The highest BCUT2D eigenvalue weighted by molar-refractivity contribution is 7.99. The third-order valence-electron chi connectivity index (χ3n) is 7.15. The number of benzene rings is 1. The van der Waals surface area contributed by atoms with Crippen LogP contribution in [0.1, 0.15) is 30.7 Å². The Hall–Kier alpha value is -4.17. The molecule has 3 heterocycles. The highest BCUT2D eigenvalue weighted by Gasteiger charge is 2.22. The SMILES string of the molecule is CN1CCN(C(=O)CN/N=C(\C=N)c2cc(F)c(OCc3nnc(S[C@H]4C=CCCC4)n3-c3cccnc3)cc2F)CC1. The van der Waals surface area contributed by atoms with Crippen LogP contribution >= 0.6 is 11.8 Å². The number of nitrogens with one attached hydrogen (secondary N) is 2. The van der Waals surface area contributed by atoms with Gasteiger partial charge in [-0.15, -0.1) is 10.2 Å². The molecule has 0 saturated carbocycles. The van der Waals surface area contributed by atoms with Gasteiger partial charge in [-0.2, -0.15) is 5.10 Å². The molecule has 0 unspecified atom stereocenters. The number of likely N-dealkylation sites (N-methyl/N-ethyl adjacent to an activating group) is 1. The number of ether oxygens (including phenoxy) is 1. The molecule has 43 heavy (non-hydrogen) atoms. The number of nitrogens with zero attached hydrogens (tertiary/aromatic N) is 7. The quantitative estimate of drug-likeness (QED) is 0.193. The van der Waals surface area contributed by atoms with E-state index in [2.05, 4.69) is 42.8 Å². The Labute approximate surface area is 252 Å². The summed E-state index contributed by atoms with van der Waals surface area (Å²) in [6, 6.07) is 5.48. The first kappa shape index (κ1) is 30.3. The fourth-order valence-corrected chi connectivity index (χ4v) is 5.89. The minimum atomic E-state index is -0.839. The van der Waals surface area contributed by atoms with Gasteiger partial charge in [-0.25, -0.2) is 8.78 Å². The molecule has 1 atom stereocenters. The Bertz CT molecular complexity index is 1490.